The summed E-state index contributed by atoms with van der Waals surface area (Å²) >= 11 is 0. The van der Waals surface area contributed by atoms with E-state index in [1.807, 2.05) is 42.5 Å². The summed E-state index contributed by atoms with van der Waals surface area (Å²) in [6.45, 7) is 7.43. The number of nitrogens with zero attached hydrogens (tertiary/aromatic N) is 6. The van der Waals surface area contributed by atoms with Crippen molar-refractivity contribution in [2.75, 3.05) is 31.9 Å². The molecule has 0 atom stereocenters. The van der Waals surface area contributed by atoms with Crippen molar-refractivity contribution < 1.29 is 8.42 Å². The predicted octanol–water partition coefficient (Wildman–Crippen LogP) is 5.49. The molecular weight excluding hydrogens is 570 g/mol. The molecule has 0 bridgehead atoms. The van der Waals surface area contributed by atoms with Gasteiger partial charge in [0.1, 0.15) is 11.3 Å². The first-order valence-electron chi connectivity index (χ1n) is 14.9. The second-order valence-corrected chi connectivity index (χ2v) is 13.7. The number of fused-ring (bicyclic) bond motifs is 1. The van der Waals surface area contributed by atoms with Crippen molar-refractivity contribution in [3.8, 4) is 28.3 Å². The number of likely N-dealkylation sites (tertiary alicyclic amines) is 1. The number of hydrogen-bond donors (Lipinski definition) is 1. The Balaban J connectivity index is 1.15. The summed E-state index contributed by atoms with van der Waals surface area (Å²) in [7, 11) is -3.35. The first kappa shape index (κ1) is 28.4. The fraction of sp³-hybridized carbons (Fsp3) is 0.265. The molecule has 2 saturated heterocycles. The van der Waals surface area contributed by atoms with Gasteiger partial charge in [-0.05, 0) is 79.7 Å². The van der Waals surface area contributed by atoms with Gasteiger partial charge in [-0.3, -0.25) is 9.47 Å². The first-order chi connectivity index (χ1) is 21.3. The van der Waals surface area contributed by atoms with Crippen molar-refractivity contribution in [1.29, 1.82) is 0 Å². The van der Waals surface area contributed by atoms with Gasteiger partial charge in [0.25, 0.3) is 0 Å². The van der Waals surface area contributed by atoms with Crippen LogP contribution in [0.15, 0.2) is 97.0 Å². The molecule has 44 heavy (non-hydrogen) atoms. The molecule has 5 heterocycles. The average Bonchev–Trinajstić information content (AvgIpc) is 3.65. The molecule has 3 aromatic heterocycles. The SMILES string of the molecule is C=CS(=O)(=O)N1CCC2(CCN(Cc3ccc(-n4c(-c5cccnc5N)nc5ccc(-c6ccccc6)nc54)cc3)CC2)C1. The Labute approximate surface area is 257 Å². The largest absolute Gasteiger partial charge is 0.383 e. The third-order valence-corrected chi connectivity index (χ3v) is 10.6. The van der Waals surface area contributed by atoms with Gasteiger partial charge in [-0.25, -0.2) is 23.4 Å². The summed E-state index contributed by atoms with van der Waals surface area (Å²) < 4.78 is 28.3. The Morgan fingerprint density at radius 3 is 2.36 bits per heavy atom. The number of anilines is 1. The van der Waals surface area contributed by atoms with Crippen LogP contribution in [0.1, 0.15) is 24.8 Å². The van der Waals surface area contributed by atoms with Gasteiger partial charge in [-0.15, -0.1) is 0 Å². The van der Waals surface area contributed by atoms with E-state index in [2.05, 4.69) is 57.4 Å². The summed E-state index contributed by atoms with van der Waals surface area (Å²) in [5, 5.41) is 1.07. The second kappa shape index (κ2) is 11.3. The van der Waals surface area contributed by atoms with E-state index in [9.17, 15) is 8.42 Å². The van der Waals surface area contributed by atoms with Gasteiger partial charge in [-0.2, -0.15) is 4.31 Å². The van der Waals surface area contributed by atoms with Gasteiger partial charge in [0.05, 0.1) is 11.3 Å². The molecule has 2 fully saturated rings. The molecule has 0 aliphatic carbocycles. The van der Waals surface area contributed by atoms with Crippen LogP contribution >= 0.6 is 0 Å². The van der Waals surface area contributed by atoms with Crippen LogP contribution in [0.4, 0.5) is 5.82 Å². The Kier molecular flexibility index (Phi) is 7.28. The van der Waals surface area contributed by atoms with Gasteiger partial charge in [-0.1, -0.05) is 49.0 Å². The molecule has 9 nitrogen and oxygen atoms in total. The molecule has 2 aromatic carbocycles. The molecule has 1 spiro atoms. The third-order valence-electron chi connectivity index (χ3n) is 9.14. The maximum atomic E-state index is 12.3. The first-order valence-corrected chi connectivity index (χ1v) is 16.4. The Bertz CT molecular complexity index is 1930. The zero-order chi connectivity index (χ0) is 30.3. The lowest BCUT2D eigenvalue weighted by Gasteiger charge is -2.39. The van der Waals surface area contributed by atoms with E-state index in [-0.39, 0.29) is 5.41 Å². The molecule has 0 unspecified atom stereocenters. The van der Waals surface area contributed by atoms with Crippen molar-refractivity contribution in [3.05, 3.63) is 103 Å². The van der Waals surface area contributed by atoms with E-state index in [1.165, 1.54) is 5.56 Å². The van der Waals surface area contributed by atoms with E-state index in [1.54, 1.807) is 10.5 Å². The van der Waals surface area contributed by atoms with Crippen LogP contribution in [0.25, 0.3) is 39.5 Å². The fourth-order valence-corrected chi connectivity index (χ4v) is 7.59. The van der Waals surface area contributed by atoms with Gasteiger partial charge in [0.2, 0.25) is 10.0 Å². The van der Waals surface area contributed by atoms with E-state index in [0.29, 0.717) is 24.7 Å². The summed E-state index contributed by atoms with van der Waals surface area (Å²) in [4.78, 5) is 16.8. The topological polar surface area (TPSA) is 110 Å². The van der Waals surface area contributed by atoms with Crippen LogP contribution in [0.2, 0.25) is 0 Å². The molecule has 224 valence electrons. The van der Waals surface area contributed by atoms with Gasteiger partial charge in [0, 0.05) is 42.5 Å². The Hall–Kier alpha value is -4.38. The van der Waals surface area contributed by atoms with Gasteiger partial charge < -0.3 is 5.73 Å². The minimum Gasteiger partial charge on any atom is -0.383 e. The van der Waals surface area contributed by atoms with Crippen molar-refractivity contribution in [2.24, 2.45) is 5.41 Å². The summed E-state index contributed by atoms with van der Waals surface area (Å²) in [5.41, 5.74) is 12.8. The zero-order valence-electron chi connectivity index (χ0n) is 24.5. The molecule has 2 aliphatic heterocycles. The van der Waals surface area contributed by atoms with Crippen LogP contribution in [-0.2, 0) is 16.6 Å². The number of piperidine rings is 1. The molecular formula is C34H35N7O2S. The van der Waals surface area contributed by atoms with Crippen LogP contribution < -0.4 is 5.73 Å². The minimum atomic E-state index is -3.35. The quantitative estimate of drug-likeness (QED) is 0.261. The van der Waals surface area contributed by atoms with Crippen molar-refractivity contribution in [2.45, 2.75) is 25.8 Å². The molecule has 5 aromatic rings. The molecule has 0 amide bonds. The predicted molar refractivity (Wildman–Crippen MR) is 174 cm³/mol. The number of nitrogen functional groups attached to an aromatic ring is 1. The number of imidazole rings is 1. The minimum absolute atomic E-state index is 0.0784. The van der Waals surface area contributed by atoms with E-state index >= 15 is 0 Å². The van der Waals surface area contributed by atoms with Crippen LogP contribution in [-0.4, -0.2) is 63.3 Å². The molecule has 0 radical (unpaired) electrons. The fourth-order valence-electron chi connectivity index (χ4n) is 6.58. The Morgan fingerprint density at radius 1 is 0.886 bits per heavy atom. The monoisotopic (exact) mass is 605 g/mol. The highest BCUT2D eigenvalue weighted by Crippen LogP contribution is 2.41. The average molecular weight is 606 g/mol. The molecule has 2 N–H and O–H groups in total. The second-order valence-electron chi connectivity index (χ2n) is 11.9. The molecule has 10 heteroatoms. The highest BCUT2D eigenvalue weighted by atomic mass is 32.2. The van der Waals surface area contributed by atoms with Crippen molar-refractivity contribution in [1.82, 2.24) is 28.7 Å². The Morgan fingerprint density at radius 2 is 1.64 bits per heavy atom. The summed E-state index contributed by atoms with van der Waals surface area (Å²) in [6.07, 6.45) is 4.60. The van der Waals surface area contributed by atoms with Crippen LogP contribution in [0.5, 0.6) is 0 Å². The third kappa shape index (κ3) is 5.29. The van der Waals surface area contributed by atoms with Crippen molar-refractivity contribution in [3.63, 3.8) is 0 Å². The summed E-state index contributed by atoms with van der Waals surface area (Å²) in [5.74, 6) is 1.11. The van der Waals surface area contributed by atoms with Crippen LogP contribution in [0.3, 0.4) is 0 Å². The lowest BCUT2D eigenvalue weighted by atomic mass is 9.78. The summed E-state index contributed by atoms with van der Waals surface area (Å²) in [6, 6.07) is 26.5. The van der Waals surface area contributed by atoms with Crippen LogP contribution in [0, 0.1) is 5.41 Å². The molecule has 7 rings (SSSR count). The zero-order valence-corrected chi connectivity index (χ0v) is 25.3. The smallest absolute Gasteiger partial charge is 0.235 e. The van der Waals surface area contributed by atoms with Gasteiger partial charge in [0.15, 0.2) is 11.5 Å². The lowest BCUT2D eigenvalue weighted by molar-refractivity contribution is 0.109. The van der Waals surface area contributed by atoms with Gasteiger partial charge >= 0.3 is 0 Å². The number of aromatic nitrogens is 4. The maximum Gasteiger partial charge on any atom is 0.235 e. The highest BCUT2D eigenvalue weighted by molar-refractivity contribution is 7.92. The van der Waals surface area contributed by atoms with E-state index in [0.717, 1.165) is 78.0 Å². The highest BCUT2D eigenvalue weighted by Gasteiger charge is 2.43. The molecule has 0 saturated carbocycles. The number of nitrogens with two attached hydrogens (primary N) is 1. The number of benzene rings is 2. The van der Waals surface area contributed by atoms with E-state index in [4.69, 9.17) is 15.7 Å². The number of hydrogen-bond acceptors (Lipinski definition) is 7. The number of rotatable bonds is 7. The lowest BCUT2D eigenvalue weighted by Crippen LogP contribution is -2.41. The standard InChI is InChI=1S/C34H35N7O2S/c1-2-44(42,43)40-22-18-34(24-40)16-20-39(21-17-34)23-25-10-12-27(13-11-25)41-32(28-9-6-19-36-31(28)35)38-30-15-14-29(37-33(30)41)26-7-4-3-5-8-26/h2-15,19H,1,16-18,20-24H2,(H2,35,36). The normalized spacial score (nSPS) is 17.4. The van der Waals surface area contributed by atoms with Crippen molar-refractivity contribution >= 4 is 27.0 Å². The number of sulfonamides is 1. The maximum absolute atomic E-state index is 12.3. The number of pyridine rings is 2. The van der Waals surface area contributed by atoms with E-state index < -0.39 is 10.0 Å². The molecule has 2 aliphatic rings.